The van der Waals surface area contributed by atoms with E-state index in [4.69, 9.17) is 4.74 Å². The van der Waals surface area contributed by atoms with Crippen LogP contribution >= 0.6 is 0 Å². The minimum Gasteiger partial charge on any atom is -0.396 e. The lowest BCUT2D eigenvalue weighted by Crippen LogP contribution is -2.52. The predicted octanol–water partition coefficient (Wildman–Crippen LogP) is 1.66. The maximum atomic E-state index is 9.37. The number of fused-ring (bicyclic) bond motifs is 1. The van der Waals surface area contributed by atoms with E-state index in [2.05, 4.69) is 23.5 Å². The Balaban J connectivity index is 1.55. The fourth-order valence-corrected chi connectivity index (χ4v) is 3.01. The van der Waals surface area contributed by atoms with Crippen LogP contribution in [0.5, 0.6) is 0 Å². The molecule has 0 saturated carbocycles. The maximum absolute atomic E-state index is 9.37. The Morgan fingerprint density at radius 2 is 1.95 bits per heavy atom. The van der Waals surface area contributed by atoms with E-state index in [0.717, 1.165) is 13.1 Å². The van der Waals surface area contributed by atoms with Crippen molar-refractivity contribution in [1.29, 1.82) is 0 Å². The minimum absolute atomic E-state index is 0.0335. The molecule has 1 heterocycles. The van der Waals surface area contributed by atoms with Crippen LogP contribution in [0.4, 0.5) is 0 Å². The molecule has 1 aliphatic heterocycles. The van der Waals surface area contributed by atoms with Crippen molar-refractivity contribution in [3.8, 4) is 0 Å². The number of hydrogen-bond acceptors (Lipinski definition) is 3. The van der Waals surface area contributed by atoms with E-state index in [9.17, 15) is 5.11 Å². The van der Waals surface area contributed by atoms with E-state index in [-0.39, 0.29) is 12.0 Å². The van der Waals surface area contributed by atoms with Crippen molar-refractivity contribution in [2.75, 3.05) is 26.4 Å². The monoisotopic (exact) mass is 261 g/mol. The highest BCUT2D eigenvalue weighted by Gasteiger charge is 2.37. The van der Waals surface area contributed by atoms with Crippen molar-refractivity contribution < 1.29 is 9.84 Å². The van der Waals surface area contributed by atoms with Crippen molar-refractivity contribution in [3.05, 3.63) is 34.9 Å². The largest absolute Gasteiger partial charge is 0.396 e. The third-order valence-corrected chi connectivity index (χ3v) is 4.39. The quantitative estimate of drug-likeness (QED) is 0.847. The van der Waals surface area contributed by atoms with Gasteiger partial charge in [0.15, 0.2) is 0 Å². The van der Waals surface area contributed by atoms with Crippen LogP contribution in [0.3, 0.4) is 0 Å². The number of aliphatic hydroxyl groups excluding tert-OH is 1. The first-order chi connectivity index (χ1) is 9.31. The van der Waals surface area contributed by atoms with E-state index in [1.807, 2.05) is 0 Å². The van der Waals surface area contributed by atoms with Gasteiger partial charge in [-0.15, -0.1) is 0 Å². The molecule has 1 aromatic carbocycles. The summed E-state index contributed by atoms with van der Waals surface area (Å²) < 4.78 is 5.21. The Morgan fingerprint density at radius 1 is 1.16 bits per heavy atom. The van der Waals surface area contributed by atoms with Gasteiger partial charge in [-0.25, -0.2) is 0 Å². The highest BCUT2D eigenvalue weighted by molar-refractivity contribution is 5.33. The Morgan fingerprint density at radius 3 is 2.63 bits per heavy atom. The van der Waals surface area contributed by atoms with Crippen molar-refractivity contribution in [3.63, 3.8) is 0 Å². The molecule has 0 bridgehead atoms. The second kappa shape index (κ2) is 5.61. The van der Waals surface area contributed by atoms with Crippen LogP contribution in [-0.4, -0.2) is 31.5 Å². The molecule has 3 nitrogen and oxygen atoms in total. The molecular formula is C16H23NO2. The van der Waals surface area contributed by atoms with Crippen LogP contribution in [0.15, 0.2) is 18.2 Å². The molecule has 1 aliphatic carbocycles. The molecule has 2 N–H and O–H groups in total. The fourth-order valence-electron chi connectivity index (χ4n) is 3.01. The summed E-state index contributed by atoms with van der Waals surface area (Å²) in [6, 6.07) is 6.88. The van der Waals surface area contributed by atoms with Crippen molar-refractivity contribution in [2.45, 2.75) is 32.2 Å². The third-order valence-electron chi connectivity index (χ3n) is 4.39. The van der Waals surface area contributed by atoms with Gasteiger partial charge < -0.3 is 15.2 Å². The Labute approximate surface area is 115 Å². The first kappa shape index (κ1) is 13.1. The third kappa shape index (κ3) is 2.83. The van der Waals surface area contributed by atoms with Gasteiger partial charge in [0.1, 0.15) is 0 Å². The molecule has 0 radical (unpaired) electrons. The SMILES string of the molecule is OCC1(CNCc2ccc3c(c2)CCCC3)COC1. The number of nitrogens with one attached hydrogen (secondary N) is 1. The zero-order valence-corrected chi connectivity index (χ0v) is 11.5. The summed E-state index contributed by atoms with van der Waals surface area (Å²) in [5.41, 5.74) is 4.39. The molecule has 0 spiro atoms. The first-order valence-corrected chi connectivity index (χ1v) is 7.31. The van der Waals surface area contributed by atoms with Crippen LogP contribution in [-0.2, 0) is 24.1 Å². The number of hydrogen-bond donors (Lipinski definition) is 2. The van der Waals surface area contributed by atoms with Gasteiger partial charge in [0, 0.05) is 13.1 Å². The Hall–Kier alpha value is -0.900. The maximum Gasteiger partial charge on any atom is 0.0579 e. The predicted molar refractivity (Wildman–Crippen MR) is 75.1 cm³/mol. The zero-order valence-electron chi connectivity index (χ0n) is 11.5. The first-order valence-electron chi connectivity index (χ1n) is 7.31. The van der Waals surface area contributed by atoms with Gasteiger partial charge in [0.2, 0.25) is 0 Å². The Bertz CT molecular complexity index is 435. The highest BCUT2D eigenvalue weighted by Crippen LogP contribution is 2.26. The van der Waals surface area contributed by atoms with E-state index in [1.165, 1.54) is 42.4 Å². The van der Waals surface area contributed by atoms with Gasteiger partial charge in [-0.2, -0.15) is 0 Å². The van der Waals surface area contributed by atoms with E-state index in [1.54, 1.807) is 0 Å². The molecule has 104 valence electrons. The molecule has 3 heteroatoms. The lowest BCUT2D eigenvalue weighted by molar-refractivity contribution is -0.134. The smallest absolute Gasteiger partial charge is 0.0579 e. The summed E-state index contributed by atoms with van der Waals surface area (Å²) in [5, 5.41) is 12.8. The standard InChI is InChI=1S/C16H23NO2/c18-10-16(11-19-12-16)9-17-8-13-5-6-14-3-1-2-4-15(14)7-13/h5-7,17-18H,1-4,8-12H2. The van der Waals surface area contributed by atoms with Crippen LogP contribution in [0.2, 0.25) is 0 Å². The number of ether oxygens (including phenoxy) is 1. The summed E-state index contributed by atoms with van der Waals surface area (Å²) in [7, 11) is 0. The topological polar surface area (TPSA) is 41.5 Å². The molecule has 0 unspecified atom stereocenters. The number of aryl methyl sites for hydroxylation is 2. The molecular weight excluding hydrogens is 238 g/mol. The number of aliphatic hydroxyl groups is 1. The summed E-state index contributed by atoms with van der Waals surface area (Å²) in [6.45, 7) is 3.29. The lowest BCUT2D eigenvalue weighted by Gasteiger charge is -2.40. The van der Waals surface area contributed by atoms with Gasteiger partial charge in [-0.3, -0.25) is 0 Å². The molecule has 19 heavy (non-hydrogen) atoms. The molecule has 0 atom stereocenters. The Kier molecular flexibility index (Phi) is 3.87. The van der Waals surface area contributed by atoms with Gasteiger partial charge in [0.25, 0.3) is 0 Å². The summed E-state index contributed by atoms with van der Waals surface area (Å²) >= 11 is 0. The van der Waals surface area contributed by atoms with Gasteiger partial charge in [-0.1, -0.05) is 18.2 Å². The van der Waals surface area contributed by atoms with Crippen molar-refractivity contribution >= 4 is 0 Å². The number of rotatable bonds is 5. The van der Waals surface area contributed by atoms with E-state index >= 15 is 0 Å². The molecule has 1 aromatic rings. The molecule has 3 rings (SSSR count). The summed E-state index contributed by atoms with van der Waals surface area (Å²) in [6.07, 6.45) is 5.14. The average Bonchev–Trinajstić information content (AvgIpc) is 2.42. The molecule has 1 fully saturated rings. The lowest BCUT2D eigenvalue weighted by atomic mass is 9.87. The normalized spacial score (nSPS) is 20.7. The highest BCUT2D eigenvalue weighted by atomic mass is 16.5. The van der Waals surface area contributed by atoms with Crippen molar-refractivity contribution in [2.24, 2.45) is 5.41 Å². The van der Waals surface area contributed by atoms with E-state index < -0.39 is 0 Å². The molecule has 0 amide bonds. The second-order valence-corrected chi connectivity index (χ2v) is 6.06. The molecule has 2 aliphatic rings. The number of benzene rings is 1. The van der Waals surface area contributed by atoms with Crippen LogP contribution in [0.1, 0.15) is 29.5 Å². The van der Waals surface area contributed by atoms with Gasteiger partial charge in [0.05, 0.1) is 25.2 Å². The fraction of sp³-hybridized carbons (Fsp3) is 0.625. The molecule has 1 saturated heterocycles. The second-order valence-electron chi connectivity index (χ2n) is 6.06. The van der Waals surface area contributed by atoms with Crippen LogP contribution in [0, 0.1) is 5.41 Å². The summed E-state index contributed by atoms with van der Waals surface area (Å²) in [5.74, 6) is 0. The summed E-state index contributed by atoms with van der Waals surface area (Å²) in [4.78, 5) is 0. The zero-order chi connectivity index (χ0) is 13.1. The van der Waals surface area contributed by atoms with E-state index in [0.29, 0.717) is 13.2 Å². The van der Waals surface area contributed by atoms with Crippen LogP contribution in [0.25, 0.3) is 0 Å². The average molecular weight is 261 g/mol. The minimum atomic E-state index is -0.0335. The van der Waals surface area contributed by atoms with Gasteiger partial charge in [-0.05, 0) is 42.4 Å². The van der Waals surface area contributed by atoms with Gasteiger partial charge >= 0.3 is 0 Å². The van der Waals surface area contributed by atoms with Crippen LogP contribution < -0.4 is 5.32 Å². The van der Waals surface area contributed by atoms with Crippen molar-refractivity contribution in [1.82, 2.24) is 5.32 Å². The molecule has 0 aromatic heterocycles.